The Bertz CT molecular complexity index is 1070. The number of sulfonamides is 1. The molecule has 0 radical (unpaired) electrons. The second-order valence-corrected chi connectivity index (χ2v) is 8.52. The summed E-state index contributed by atoms with van der Waals surface area (Å²) in [5, 5.41) is 0.544. The minimum absolute atomic E-state index is 0.110. The quantitative estimate of drug-likeness (QED) is 0.495. The van der Waals surface area contributed by atoms with Crippen LogP contribution in [0.4, 0.5) is 5.69 Å². The Kier molecular flexibility index (Phi) is 6.67. The van der Waals surface area contributed by atoms with Crippen molar-refractivity contribution in [3.05, 3.63) is 83.4 Å². The first-order chi connectivity index (χ1) is 14.0. The first kappa shape index (κ1) is 21.0. The molecule has 0 atom stereocenters. The number of hydrogen-bond donors (Lipinski definition) is 0. The van der Waals surface area contributed by atoms with Crippen LogP contribution >= 0.6 is 11.6 Å². The number of hydrogen-bond acceptors (Lipinski definition) is 4. The van der Waals surface area contributed by atoms with Crippen LogP contribution < -0.4 is 13.8 Å². The highest BCUT2D eigenvalue weighted by molar-refractivity contribution is 7.92. The molecule has 0 N–H and O–H groups in total. The minimum atomic E-state index is -3.88. The molecule has 152 valence electrons. The van der Waals surface area contributed by atoms with Crippen molar-refractivity contribution in [3.63, 3.8) is 0 Å². The monoisotopic (exact) mass is 431 g/mol. The maximum atomic E-state index is 13.6. The standard InChI is InChI=1S/C22H22ClNO4S/c1-3-28-22-10-5-4-9-21(22)24(16-17-7-6-8-18(23)15-17)29(25,26)20-13-11-19(27-2)12-14-20/h4-15H,3,16H2,1-2H3. The first-order valence-corrected chi connectivity index (χ1v) is 10.9. The van der Waals surface area contributed by atoms with Gasteiger partial charge >= 0.3 is 0 Å². The molecule has 0 aliphatic rings. The van der Waals surface area contributed by atoms with Crippen LogP contribution in [0.1, 0.15) is 12.5 Å². The van der Waals surface area contributed by atoms with Crippen molar-refractivity contribution in [3.8, 4) is 11.5 Å². The summed E-state index contributed by atoms with van der Waals surface area (Å²) in [5.74, 6) is 1.08. The van der Waals surface area contributed by atoms with Gasteiger partial charge < -0.3 is 9.47 Å². The molecule has 0 amide bonds. The highest BCUT2D eigenvalue weighted by Gasteiger charge is 2.27. The molecule has 0 aliphatic carbocycles. The molecule has 29 heavy (non-hydrogen) atoms. The van der Waals surface area contributed by atoms with Crippen molar-refractivity contribution >= 4 is 27.3 Å². The zero-order valence-corrected chi connectivity index (χ0v) is 17.8. The van der Waals surface area contributed by atoms with E-state index in [2.05, 4.69) is 0 Å². The molecule has 0 fully saturated rings. The lowest BCUT2D eigenvalue weighted by Crippen LogP contribution is -2.31. The van der Waals surface area contributed by atoms with Crippen molar-refractivity contribution in [1.29, 1.82) is 0 Å². The fraction of sp³-hybridized carbons (Fsp3) is 0.182. The normalized spacial score (nSPS) is 11.1. The lowest BCUT2D eigenvalue weighted by Gasteiger charge is -2.26. The van der Waals surface area contributed by atoms with E-state index in [1.807, 2.05) is 19.1 Å². The van der Waals surface area contributed by atoms with E-state index in [4.69, 9.17) is 21.1 Å². The molecule has 0 bridgehead atoms. The number of rotatable bonds is 8. The Hall–Kier alpha value is -2.70. The predicted molar refractivity (Wildman–Crippen MR) is 115 cm³/mol. The maximum Gasteiger partial charge on any atom is 0.264 e. The van der Waals surface area contributed by atoms with E-state index < -0.39 is 10.0 Å². The molecule has 0 saturated carbocycles. The van der Waals surface area contributed by atoms with Gasteiger partial charge in [0.2, 0.25) is 0 Å². The number of methoxy groups -OCH3 is 1. The molecule has 0 aliphatic heterocycles. The first-order valence-electron chi connectivity index (χ1n) is 9.08. The van der Waals surface area contributed by atoms with Crippen LogP contribution in [-0.4, -0.2) is 22.1 Å². The van der Waals surface area contributed by atoms with Gasteiger partial charge in [-0.05, 0) is 61.0 Å². The van der Waals surface area contributed by atoms with Gasteiger partial charge in [-0.1, -0.05) is 35.9 Å². The van der Waals surface area contributed by atoms with Gasteiger partial charge in [0.05, 0.1) is 30.8 Å². The summed E-state index contributed by atoms with van der Waals surface area (Å²) in [5.41, 5.74) is 1.23. The summed E-state index contributed by atoms with van der Waals surface area (Å²) in [6, 6.07) is 20.5. The summed E-state index contributed by atoms with van der Waals surface area (Å²) >= 11 is 6.11. The number of benzene rings is 3. The van der Waals surface area contributed by atoms with E-state index in [1.54, 1.807) is 48.5 Å². The van der Waals surface area contributed by atoms with Gasteiger partial charge in [0.25, 0.3) is 10.0 Å². The van der Waals surface area contributed by atoms with E-state index >= 15 is 0 Å². The fourth-order valence-electron chi connectivity index (χ4n) is 2.92. The van der Waals surface area contributed by atoms with E-state index in [0.29, 0.717) is 28.8 Å². The van der Waals surface area contributed by atoms with Crippen molar-refractivity contribution in [2.45, 2.75) is 18.4 Å². The van der Waals surface area contributed by atoms with Gasteiger partial charge in [0.1, 0.15) is 11.5 Å². The molecule has 5 nitrogen and oxygen atoms in total. The Morgan fingerprint density at radius 2 is 1.69 bits per heavy atom. The van der Waals surface area contributed by atoms with Gasteiger partial charge in [0, 0.05) is 5.02 Å². The van der Waals surface area contributed by atoms with E-state index in [9.17, 15) is 8.42 Å². The topological polar surface area (TPSA) is 55.8 Å². The second kappa shape index (κ2) is 9.20. The highest BCUT2D eigenvalue weighted by Crippen LogP contribution is 2.34. The third-order valence-corrected chi connectivity index (χ3v) is 6.31. The largest absolute Gasteiger partial charge is 0.497 e. The molecule has 7 heteroatoms. The molecule has 3 rings (SSSR count). The molecule has 3 aromatic carbocycles. The van der Waals surface area contributed by atoms with Crippen LogP contribution in [0, 0.1) is 0 Å². The summed E-state index contributed by atoms with van der Waals surface area (Å²) in [6.45, 7) is 2.39. The predicted octanol–water partition coefficient (Wildman–Crippen LogP) is 5.14. The fourth-order valence-corrected chi connectivity index (χ4v) is 4.59. The minimum Gasteiger partial charge on any atom is -0.497 e. The number of ether oxygens (including phenoxy) is 2. The summed E-state index contributed by atoms with van der Waals surface area (Å²) in [6.07, 6.45) is 0. The van der Waals surface area contributed by atoms with Gasteiger partial charge in [-0.2, -0.15) is 0 Å². The molecular formula is C22H22ClNO4S. The average Bonchev–Trinajstić information content (AvgIpc) is 2.73. The maximum absolute atomic E-state index is 13.6. The number of halogens is 1. The SMILES string of the molecule is CCOc1ccccc1N(Cc1cccc(Cl)c1)S(=O)(=O)c1ccc(OC)cc1. The van der Waals surface area contributed by atoms with Gasteiger partial charge in [-0.3, -0.25) is 4.31 Å². The van der Waals surface area contributed by atoms with Crippen LogP contribution in [0.25, 0.3) is 0 Å². The zero-order chi connectivity index (χ0) is 20.9. The third kappa shape index (κ3) is 4.83. The van der Waals surface area contributed by atoms with Gasteiger partial charge in [-0.15, -0.1) is 0 Å². The molecule has 0 heterocycles. The van der Waals surface area contributed by atoms with Crippen molar-refractivity contribution in [2.75, 3.05) is 18.0 Å². The second-order valence-electron chi connectivity index (χ2n) is 6.22. The zero-order valence-electron chi connectivity index (χ0n) is 16.2. The Morgan fingerprint density at radius 3 is 2.34 bits per heavy atom. The smallest absolute Gasteiger partial charge is 0.264 e. The number of nitrogens with zero attached hydrogens (tertiary/aromatic N) is 1. The number of para-hydroxylation sites is 2. The van der Waals surface area contributed by atoms with Crippen LogP contribution in [0.5, 0.6) is 11.5 Å². The Morgan fingerprint density at radius 1 is 0.966 bits per heavy atom. The van der Waals surface area contributed by atoms with Crippen LogP contribution in [-0.2, 0) is 16.6 Å². The molecule has 0 unspecified atom stereocenters. The van der Waals surface area contributed by atoms with Gasteiger partial charge in [0.15, 0.2) is 0 Å². The Labute approximate surface area is 176 Å². The van der Waals surface area contributed by atoms with Crippen LogP contribution in [0.2, 0.25) is 5.02 Å². The van der Waals surface area contributed by atoms with Crippen LogP contribution in [0.15, 0.2) is 77.7 Å². The van der Waals surface area contributed by atoms with Crippen LogP contribution in [0.3, 0.4) is 0 Å². The lowest BCUT2D eigenvalue weighted by molar-refractivity contribution is 0.341. The molecule has 0 aromatic heterocycles. The average molecular weight is 432 g/mol. The summed E-state index contributed by atoms with van der Waals surface area (Å²) in [7, 11) is -2.34. The highest BCUT2D eigenvalue weighted by atomic mass is 35.5. The van der Waals surface area contributed by atoms with Crippen molar-refractivity contribution in [1.82, 2.24) is 0 Å². The van der Waals surface area contributed by atoms with E-state index in [1.165, 1.54) is 23.5 Å². The van der Waals surface area contributed by atoms with Crippen molar-refractivity contribution < 1.29 is 17.9 Å². The van der Waals surface area contributed by atoms with Crippen molar-refractivity contribution in [2.24, 2.45) is 0 Å². The van der Waals surface area contributed by atoms with E-state index in [0.717, 1.165) is 5.56 Å². The molecular weight excluding hydrogens is 410 g/mol. The molecule has 0 spiro atoms. The summed E-state index contributed by atoms with van der Waals surface area (Å²) < 4.78 is 39.3. The molecule has 0 saturated heterocycles. The summed E-state index contributed by atoms with van der Waals surface area (Å²) in [4.78, 5) is 0.159. The number of anilines is 1. The van der Waals surface area contributed by atoms with Gasteiger partial charge in [-0.25, -0.2) is 8.42 Å². The lowest BCUT2D eigenvalue weighted by atomic mass is 10.2. The Balaban J connectivity index is 2.11. The molecule has 3 aromatic rings. The van der Waals surface area contributed by atoms with E-state index in [-0.39, 0.29) is 11.4 Å². The third-order valence-electron chi connectivity index (χ3n) is 4.30.